The number of fused-ring (bicyclic) bond motifs is 6. The minimum atomic E-state index is -0.535. The van der Waals surface area contributed by atoms with Crippen LogP contribution in [0, 0.1) is 39.4 Å². The third kappa shape index (κ3) is 4.47. The first-order valence-corrected chi connectivity index (χ1v) is 16.6. The number of amides is 1. The highest BCUT2D eigenvalue weighted by atomic mass is 16.5. The molecule has 0 aromatic heterocycles. The van der Waals surface area contributed by atoms with Crippen molar-refractivity contribution in [2.24, 2.45) is 39.4 Å². The zero-order chi connectivity index (χ0) is 30.9. The highest BCUT2D eigenvalue weighted by Crippen LogP contribution is 2.74. The van der Waals surface area contributed by atoms with Crippen LogP contribution in [0.1, 0.15) is 92.1 Å². The molecule has 3 saturated carbocycles. The maximum atomic E-state index is 14.3. The van der Waals surface area contributed by atoms with E-state index >= 15 is 0 Å². The van der Waals surface area contributed by atoms with Crippen molar-refractivity contribution in [2.75, 3.05) is 20.8 Å². The first kappa shape index (κ1) is 30.8. The Hall–Kier alpha value is -2.18. The molecule has 9 atom stereocenters. The summed E-state index contributed by atoms with van der Waals surface area (Å²) in [6, 6.07) is 10.3. The lowest BCUT2D eigenvalue weighted by atomic mass is 9.35. The molecule has 5 aliphatic rings. The number of hydrogen-bond acceptors (Lipinski definition) is 5. The predicted molar refractivity (Wildman–Crippen MR) is 167 cm³/mol. The lowest BCUT2D eigenvalue weighted by Gasteiger charge is -2.70. The van der Waals surface area contributed by atoms with Crippen molar-refractivity contribution in [3.63, 3.8) is 0 Å². The van der Waals surface area contributed by atoms with Gasteiger partial charge in [0, 0.05) is 38.7 Å². The van der Waals surface area contributed by atoms with Gasteiger partial charge in [-0.1, -0.05) is 71.4 Å². The Bertz CT molecular complexity index is 1290. The molecule has 4 aliphatic carbocycles. The summed E-state index contributed by atoms with van der Waals surface area (Å²) in [5, 5.41) is 0. The van der Waals surface area contributed by atoms with E-state index in [9.17, 15) is 9.59 Å². The molecule has 0 saturated heterocycles. The van der Waals surface area contributed by atoms with Crippen molar-refractivity contribution < 1.29 is 23.8 Å². The molecule has 6 heteroatoms. The van der Waals surface area contributed by atoms with Gasteiger partial charge in [-0.3, -0.25) is 9.59 Å². The number of ether oxygens (including phenoxy) is 3. The van der Waals surface area contributed by atoms with E-state index < -0.39 is 11.6 Å². The van der Waals surface area contributed by atoms with Gasteiger partial charge in [0.05, 0.1) is 11.7 Å². The first-order chi connectivity index (χ1) is 20.3. The molecule has 0 N–H and O–H groups in total. The second kappa shape index (κ2) is 10.7. The average Bonchev–Trinajstić information content (AvgIpc) is 3.25. The Morgan fingerprint density at radius 2 is 1.60 bits per heavy atom. The Kier molecular flexibility index (Phi) is 7.69. The van der Waals surface area contributed by atoms with Crippen molar-refractivity contribution >= 4 is 11.9 Å². The molecule has 1 amide bonds. The number of hydrogen-bond donors (Lipinski definition) is 0. The van der Waals surface area contributed by atoms with Gasteiger partial charge in [0.2, 0.25) is 0 Å². The Morgan fingerprint density at radius 1 is 0.907 bits per heavy atom. The second-order valence-electron chi connectivity index (χ2n) is 15.8. The highest BCUT2D eigenvalue weighted by molar-refractivity contribution is 5.99. The van der Waals surface area contributed by atoms with E-state index in [-0.39, 0.29) is 40.8 Å². The SMILES string of the molecule is CO[C@H]1CC2[C@]3(C)CCC4C(C)(C)CCC[C@]4(C)C3C[C@@H](OC(C)=O)[C@]2(C)C2=C1C(=O)N(CCc1ccccc1)[C@H]2OC. The maximum Gasteiger partial charge on any atom is 0.302 e. The molecular formula is C37H53NO5. The van der Waals surface area contributed by atoms with Crippen molar-refractivity contribution in [1.82, 2.24) is 4.90 Å². The topological polar surface area (TPSA) is 65.1 Å². The maximum absolute atomic E-state index is 14.3. The van der Waals surface area contributed by atoms with Crippen LogP contribution in [0.25, 0.3) is 0 Å². The smallest absolute Gasteiger partial charge is 0.302 e. The zero-order valence-corrected chi connectivity index (χ0v) is 27.7. The molecule has 236 valence electrons. The summed E-state index contributed by atoms with van der Waals surface area (Å²) in [6.07, 6.45) is 7.33. The van der Waals surface area contributed by atoms with Crippen molar-refractivity contribution in [1.29, 1.82) is 0 Å². The van der Waals surface area contributed by atoms with E-state index in [1.165, 1.54) is 38.2 Å². The van der Waals surface area contributed by atoms with Gasteiger partial charge >= 0.3 is 5.97 Å². The Labute approximate surface area is 258 Å². The number of esters is 1. The van der Waals surface area contributed by atoms with E-state index in [4.69, 9.17) is 14.2 Å². The van der Waals surface area contributed by atoms with Gasteiger partial charge in [0.25, 0.3) is 5.91 Å². The lowest BCUT2D eigenvalue weighted by Crippen LogP contribution is -2.67. The fourth-order valence-electron chi connectivity index (χ4n) is 11.7. The molecule has 0 bridgehead atoms. The van der Waals surface area contributed by atoms with Crippen LogP contribution in [0.4, 0.5) is 0 Å². The number of benzene rings is 1. The summed E-state index contributed by atoms with van der Waals surface area (Å²) < 4.78 is 18.9. The number of methoxy groups -OCH3 is 2. The van der Waals surface area contributed by atoms with Crippen LogP contribution in [-0.2, 0) is 30.2 Å². The van der Waals surface area contributed by atoms with Crippen LogP contribution in [-0.4, -0.2) is 56.0 Å². The summed E-state index contributed by atoms with van der Waals surface area (Å²) in [5.41, 5.74) is 2.90. The average molecular weight is 592 g/mol. The molecule has 6 nitrogen and oxygen atoms in total. The van der Waals surface area contributed by atoms with Crippen LogP contribution in [0.2, 0.25) is 0 Å². The van der Waals surface area contributed by atoms with Gasteiger partial charge in [-0.25, -0.2) is 0 Å². The van der Waals surface area contributed by atoms with Gasteiger partial charge in [-0.2, -0.15) is 0 Å². The van der Waals surface area contributed by atoms with Crippen molar-refractivity contribution in [3.05, 3.63) is 47.0 Å². The second-order valence-corrected chi connectivity index (χ2v) is 15.8. The molecule has 3 fully saturated rings. The number of carbonyl (C=O) groups is 2. The summed E-state index contributed by atoms with van der Waals surface area (Å²) in [6.45, 7) is 14.4. The van der Waals surface area contributed by atoms with Gasteiger partial charge in [0.15, 0.2) is 6.23 Å². The number of rotatable bonds is 6. The zero-order valence-electron chi connectivity index (χ0n) is 27.7. The van der Waals surface area contributed by atoms with E-state index in [1.54, 1.807) is 14.2 Å². The van der Waals surface area contributed by atoms with Crippen LogP contribution < -0.4 is 0 Å². The summed E-state index contributed by atoms with van der Waals surface area (Å²) in [7, 11) is 3.45. The minimum absolute atomic E-state index is 0.00265. The molecular weight excluding hydrogens is 538 g/mol. The fourth-order valence-corrected chi connectivity index (χ4v) is 11.7. The Balaban J connectivity index is 1.45. The van der Waals surface area contributed by atoms with E-state index in [1.807, 2.05) is 23.1 Å². The molecule has 6 rings (SSSR count). The van der Waals surface area contributed by atoms with E-state index in [2.05, 4.69) is 46.8 Å². The third-order valence-electron chi connectivity index (χ3n) is 13.4. The molecule has 0 radical (unpaired) electrons. The lowest BCUT2D eigenvalue weighted by molar-refractivity contribution is -0.232. The molecule has 43 heavy (non-hydrogen) atoms. The molecule has 1 aromatic rings. The normalized spacial score (nSPS) is 41.7. The summed E-state index contributed by atoms with van der Waals surface area (Å²) >= 11 is 0. The van der Waals surface area contributed by atoms with Crippen LogP contribution in [0.15, 0.2) is 41.5 Å². The number of carbonyl (C=O) groups excluding carboxylic acids is 2. The first-order valence-electron chi connectivity index (χ1n) is 16.6. The molecule has 3 unspecified atom stereocenters. The molecule has 1 aliphatic heterocycles. The van der Waals surface area contributed by atoms with Crippen molar-refractivity contribution in [3.8, 4) is 0 Å². The fraction of sp³-hybridized carbons (Fsp3) is 0.730. The van der Waals surface area contributed by atoms with Gasteiger partial charge in [-0.05, 0) is 84.5 Å². The van der Waals surface area contributed by atoms with Crippen LogP contribution in [0.5, 0.6) is 0 Å². The van der Waals surface area contributed by atoms with Gasteiger partial charge in [0.1, 0.15) is 6.10 Å². The third-order valence-corrected chi connectivity index (χ3v) is 13.4. The highest BCUT2D eigenvalue weighted by Gasteiger charge is 2.71. The monoisotopic (exact) mass is 591 g/mol. The Morgan fingerprint density at radius 3 is 2.26 bits per heavy atom. The largest absolute Gasteiger partial charge is 0.462 e. The predicted octanol–water partition coefficient (Wildman–Crippen LogP) is 6.97. The summed E-state index contributed by atoms with van der Waals surface area (Å²) in [4.78, 5) is 29.0. The quantitative estimate of drug-likeness (QED) is 0.335. The van der Waals surface area contributed by atoms with Crippen molar-refractivity contribution in [2.45, 2.75) is 111 Å². The van der Waals surface area contributed by atoms with Gasteiger partial charge in [-0.15, -0.1) is 0 Å². The molecule has 0 spiro atoms. The number of nitrogens with zero attached hydrogens (tertiary/aromatic N) is 1. The minimum Gasteiger partial charge on any atom is -0.462 e. The van der Waals surface area contributed by atoms with Gasteiger partial charge < -0.3 is 19.1 Å². The van der Waals surface area contributed by atoms with Crippen LogP contribution in [0.3, 0.4) is 0 Å². The van der Waals surface area contributed by atoms with Crippen LogP contribution >= 0.6 is 0 Å². The summed E-state index contributed by atoms with van der Waals surface area (Å²) in [5.74, 6) is 1.02. The standard InChI is InChI=1S/C37H53NO5/c1-23(39)43-29-22-27-35(4)18-12-17-34(2,3)26(35)15-19-36(27,5)28-21-25(41-7)30-31(37(28,29)6)33(42-8)38(32(30)40)20-16-24-13-10-9-11-14-24/h9-11,13-14,25-29,33H,12,15-22H2,1-8H3/t25-,26?,27?,28?,29+,33-,35-,36+,37+/m0/s1. The molecule has 1 heterocycles. The molecule has 1 aromatic carbocycles. The van der Waals surface area contributed by atoms with E-state index in [0.717, 1.165) is 36.8 Å². The van der Waals surface area contributed by atoms with E-state index in [0.29, 0.717) is 23.8 Å².